The van der Waals surface area contributed by atoms with Crippen molar-refractivity contribution >= 4 is 11.5 Å². The van der Waals surface area contributed by atoms with E-state index in [0.717, 1.165) is 11.3 Å². The van der Waals surface area contributed by atoms with Crippen LogP contribution in [0.4, 0.5) is 11.5 Å². The van der Waals surface area contributed by atoms with Crippen LogP contribution in [0.15, 0.2) is 29.4 Å². The summed E-state index contributed by atoms with van der Waals surface area (Å²) in [5, 5.41) is 7.49. The predicted octanol–water partition coefficient (Wildman–Crippen LogP) is 3.46. The lowest BCUT2D eigenvalue weighted by Gasteiger charge is -2.14. The Balaban J connectivity index is 2.63. The van der Waals surface area contributed by atoms with E-state index in [1.165, 1.54) is 0 Å². The number of nitrogens with two attached hydrogens (primary N) is 1. The van der Waals surface area contributed by atoms with E-state index in [9.17, 15) is 4.91 Å². The quantitative estimate of drug-likeness (QED) is 0.838. The molecule has 1 heterocycles. The van der Waals surface area contributed by atoms with E-state index in [4.69, 9.17) is 5.73 Å². The van der Waals surface area contributed by atoms with Gasteiger partial charge in [-0.1, -0.05) is 38.5 Å². The summed E-state index contributed by atoms with van der Waals surface area (Å²) in [5.74, 6) is 0.281. The van der Waals surface area contributed by atoms with Crippen molar-refractivity contribution in [2.45, 2.75) is 33.1 Å². The monoisotopic (exact) mass is 258 g/mol. The predicted molar refractivity (Wildman–Crippen MR) is 76.9 cm³/mol. The number of rotatable bonds is 2. The third-order valence-corrected chi connectivity index (χ3v) is 2.98. The number of nitrogen functional groups attached to an aromatic ring is 1. The molecular formula is C14H18N4O. The van der Waals surface area contributed by atoms with Crippen LogP contribution in [0.2, 0.25) is 0 Å². The summed E-state index contributed by atoms with van der Waals surface area (Å²) in [6.07, 6.45) is 0. The van der Waals surface area contributed by atoms with E-state index < -0.39 is 0 Å². The van der Waals surface area contributed by atoms with Crippen LogP contribution in [0.1, 0.15) is 32.0 Å². The van der Waals surface area contributed by atoms with E-state index in [0.29, 0.717) is 5.69 Å². The SMILES string of the molecule is Cc1ccc(-n2nc(C(C)(C)C)c(N=O)c2N)cc1. The first-order chi connectivity index (χ1) is 8.84. The van der Waals surface area contributed by atoms with Crippen LogP contribution in [0.5, 0.6) is 0 Å². The van der Waals surface area contributed by atoms with Gasteiger partial charge in [-0.25, -0.2) is 4.68 Å². The molecule has 5 heteroatoms. The highest BCUT2D eigenvalue weighted by Gasteiger charge is 2.27. The molecule has 2 aromatic rings. The number of hydrogen-bond donors (Lipinski definition) is 1. The molecular weight excluding hydrogens is 240 g/mol. The molecule has 1 aromatic carbocycles. The van der Waals surface area contributed by atoms with Crippen LogP contribution in [0.25, 0.3) is 5.69 Å². The first kappa shape index (κ1) is 13.3. The van der Waals surface area contributed by atoms with Crippen molar-refractivity contribution in [3.63, 3.8) is 0 Å². The summed E-state index contributed by atoms with van der Waals surface area (Å²) in [7, 11) is 0. The maximum atomic E-state index is 11.0. The van der Waals surface area contributed by atoms with E-state index >= 15 is 0 Å². The van der Waals surface area contributed by atoms with Gasteiger partial charge in [0.05, 0.1) is 11.4 Å². The number of aromatic nitrogens is 2. The van der Waals surface area contributed by atoms with Crippen molar-refractivity contribution in [1.29, 1.82) is 0 Å². The Morgan fingerprint density at radius 1 is 1.21 bits per heavy atom. The van der Waals surface area contributed by atoms with Gasteiger partial charge in [-0.05, 0) is 24.2 Å². The Morgan fingerprint density at radius 3 is 2.21 bits per heavy atom. The number of anilines is 1. The average Bonchev–Trinajstić information content (AvgIpc) is 2.67. The minimum atomic E-state index is -0.284. The highest BCUT2D eigenvalue weighted by atomic mass is 16.3. The molecule has 0 saturated heterocycles. The number of aryl methyl sites for hydroxylation is 1. The molecule has 0 aliphatic heterocycles. The second kappa shape index (κ2) is 4.50. The second-order valence-corrected chi connectivity index (χ2v) is 5.67. The maximum Gasteiger partial charge on any atom is 0.173 e. The van der Waals surface area contributed by atoms with Crippen LogP contribution in [0, 0.1) is 11.8 Å². The summed E-state index contributed by atoms with van der Waals surface area (Å²) < 4.78 is 1.57. The Hall–Kier alpha value is -2.17. The molecule has 0 aliphatic rings. The largest absolute Gasteiger partial charge is 0.382 e. The molecule has 100 valence electrons. The van der Waals surface area contributed by atoms with Crippen molar-refractivity contribution < 1.29 is 0 Å². The zero-order chi connectivity index (χ0) is 14.2. The maximum absolute atomic E-state index is 11.0. The second-order valence-electron chi connectivity index (χ2n) is 5.67. The Morgan fingerprint density at radius 2 is 1.79 bits per heavy atom. The highest BCUT2D eigenvalue weighted by Crippen LogP contribution is 2.36. The topological polar surface area (TPSA) is 73.3 Å². The van der Waals surface area contributed by atoms with E-state index in [2.05, 4.69) is 10.3 Å². The molecule has 0 bridgehead atoms. The van der Waals surface area contributed by atoms with Crippen LogP contribution in [0.3, 0.4) is 0 Å². The van der Waals surface area contributed by atoms with Gasteiger partial charge < -0.3 is 5.73 Å². The van der Waals surface area contributed by atoms with Crippen LogP contribution >= 0.6 is 0 Å². The van der Waals surface area contributed by atoms with Crippen molar-refractivity contribution in [3.8, 4) is 5.69 Å². The van der Waals surface area contributed by atoms with E-state index in [1.54, 1.807) is 4.68 Å². The third-order valence-electron chi connectivity index (χ3n) is 2.98. The fourth-order valence-corrected chi connectivity index (χ4v) is 1.90. The molecule has 0 unspecified atom stereocenters. The minimum Gasteiger partial charge on any atom is -0.382 e. The van der Waals surface area contributed by atoms with Crippen LogP contribution in [-0.2, 0) is 5.41 Å². The zero-order valence-corrected chi connectivity index (χ0v) is 11.6. The molecule has 0 spiro atoms. The molecule has 2 rings (SSSR count). The molecule has 0 radical (unpaired) electrons. The highest BCUT2D eigenvalue weighted by molar-refractivity contribution is 5.65. The molecule has 1 aromatic heterocycles. The van der Waals surface area contributed by atoms with Crippen molar-refractivity contribution in [2.75, 3.05) is 5.73 Å². The molecule has 2 N–H and O–H groups in total. The summed E-state index contributed by atoms with van der Waals surface area (Å²) in [6, 6.07) is 7.78. The molecule has 5 nitrogen and oxygen atoms in total. The number of hydrogen-bond acceptors (Lipinski definition) is 4. The van der Waals surface area contributed by atoms with Gasteiger partial charge in [-0.3, -0.25) is 0 Å². The summed E-state index contributed by atoms with van der Waals surface area (Å²) >= 11 is 0. The average molecular weight is 258 g/mol. The fraction of sp³-hybridized carbons (Fsp3) is 0.357. The van der Waals surface area contributed by atoms with Gasteiger partial charge in [-0.15, -0.1) is 4.91 Å². The first-order valence-corrected chi connectivity index (χ1v) is 6.14. The van der Waals surface area contributed by atoms with Crippen molar-refractivity contribution in [3.05, 3.63) is 40.4 Å². The molecule has 0 atom stereocenters. The Kier molecular flexibility index (Phi) is 3.14. The number of nitrogens with zero attached hydrogens (tertiary/aromatic N) is 3. The Bertz CT molecular complexity index is 606. The van der Waals surface area contributed by atoms with Crippen LogP contribution in [-0.4, -0.2) is 9.78 Å². The van der Waals surface area contributed by atoms with Gasteiger partial charge in [0.1, 0.15) is 0 Å². The van der Waals surface area contributed by atoms with Gasteiger partial charge in [0.15, 0.2) is 11.5 Å². The van der Waals surface area contributed by atoms with Gasteiger partial charge >= 0.3 is 0 Å². The molecule has 0 amide bonds. The van der Waals surface area contributed by atoms with Crippen molar-refractivity contribution in [1.82, 2.24) is 9.78 Å². The molecule has 0 fully saturated rings. The minimum absolute atomic E-state index is 0.230. The third kappa shape index (κ3) is 2.36. The van der Waals surface area contributed by atoms with E-state index in [-0.39, 0.29) is 16.9 Å². The Labute approximate surface area is 112 Å². The van der Waals surface area contributed by atoms with Gasteiger partial charge in [-0.2, -0.15) is 5.10 Å². The fourth-order valence-electron chi connectivity index (χ4n) is 1.90. The molecule has 0 saturated carbocycles. The molecule has 19 heavy (non-hydrogen) atoms. The van der Waals surface area contributed by atoms with Gasteiger partial charge in [0.2, 0.25) is 0 Å². The van der Waals surface area contributed by atoms with Gasteiger partial charge in [0.25, 0.3) is 0 Å². The molecule has 0 aliphatic carbocycles. The zero-order valence-electron chi connectivity index (χ0n) is 11.6. The lowest BCUT2D eigenvalue weighted by molar-refractivity contribution is 0.561. The smallest absolute Gasteiger partial charge is 0.173 e. The van der Waals surface area contributed by atoms with Gasteiger partial charge in [0, 0.05) is 5.41 Å². The van der Waals surface area contributed by atoms with Crippen LogP contribution < -0.4 is 5.73 Å². The standard InChI is InChI=1S/C14H18N4O/c1-9-5-7-10(8-6-9)18-13(15)11(17-19)12(16-18)14(2,3)4/h5-8H,15H2,1-4H3. The van der Waals surface area contributed by atoms with Crippen molar-refractivity contribution in [2.24, 2.45) is 5.18 Å². The number of nitroso groups, excluding NO2 is 1. The normalized spacial score (nSPS) is 11.6. The summed E-state index contributed by atoms with van der Waals surface area (Å²) in [6.45, 7) is 7.93. The number of benzene rings is 1. The first-order valence-electron chi connectivity index (χ1n) is 6.14. The van der Waals surface area contributed by atoms with E-state index in [1.807, 2.05) is 52.0 Å². The summed E-state index contributed by atoms with van der Waals surface area (Å²) in [4.78, 5) is 11.0. The lowest BCUT2D eigenvalue weighted by Crippen LogP contribution is -2.13. The lowest BCUT2D eigenvalue weighted by atomic mass is 9.91. The summed E-state index contributed by atoms with van der Waals surface area (Å²) in [5.41, 5.74) is 8.52.